The molecule has 0 spiro atoms. The van der Waals surface area contributed by atoms with Crippen molar-refractivity contribution in [3.63, 3.8) is 0 Å². The molecule has 3 rings (SSSR count). The summed E-state index contributed by atoms with van der Waals surface area (Å²) >= 11 is 0. The maximum atomic E-state index is 6.24. The highest BCUT2D eigenvalue weighted by Crippen LogP contribution is 2.32. The summed E-state index contributed by atoms with van der Waals surface area (Å²) in [5, 5.41) is 0. The van der Waals surface area contributed by atoms with Gasteiger partial charge in [-0.3, -0.25) is 4.90 Å². The van der Waals surface area contributed by atoms with Gasteiger partial charge in [0, 0.05) is 44.8 Å². The van der Waals surface area contributed by atoms with Gasteiger partial charge in [0.15, 0.2) is 0 Å². The number of piperidine rings is 1. The molecule has 4 heteroatoms. The molecule has 2 saturated heterocycles. The Hall–Kier alpha value is -0.160. The molecule has 2 aliphatic heterocycles. The van der Waals surface area contributed by atoms with Gasteiger partial charge in [0.2, 0.25) is 0 Å². The van der Waals surface area contributed by atoms with E-state index in [-0.39, 0.29) is 0 Å². The molecule has 122 valence electrons. The van der Waals surface area contributed by atoms with Crippen LogP contribution in [0.5, 0.6) is 0 Å². The number of rotatable bonds is 6. The van der Waals surface area contributed by atoms with Gasteiger partial charge in [-0.2, -0.15) is 0 Å². The number of likely N-dealkylation sites (tertiary alicyclic amines) is 1. The molecule has 0 radical (unpaired) electrons. The summed E-state index contributed by atoms with van der Waals surface area (Å²) in [6, 6.07) is 0. The van der Waals surface area contributed by atoms with Gasteiger partial charge in [-0.15, -0.1) is 0 Å². The minimum atomic E-state index is 0.302. The molecule has 4 nitrogen and oxygen atoms in total. The lowest BCUT2D eigenvalue weighted by molar-refractivity contribution is -0.00635. The summed E-state index contributed by atoms with van der Waals surface area (Å²) in [5.41, 5.74) is 6.54. The first-order valence-corrected chi connectivity index (χ1v) is 9.15. The fourth-order valence-corrected chi connectivity index (χ4v) is 4.23. The zero-order valence-corrected chi connectivity index (χ0v) is 13.9. The molecule has 2 N–H and O–H groups in total. The molecule has 2 heterocycles. The van der Waals surface area contributed by atoms with E-state index >= 15 is 0 Å². The van der Waals surface area contributed by atoms with Crippen molar-refractivity contribution in [2.45, 2.75) is 44.6 Å². The van der Waals surface area contributed by atoms with E-state index in [1.54, 1.807) is 0 Å². The average molecular weight is 294 g/mol. The monoisotopic (exact) mass is 294 g/mol. The minimum Gasteiger partial charge on any atom is -0.329 e. The molecule has 3 fully saturated rings. The second kappa shape index (κ2) is 6.95. The van der Waals surface area contributed by atoms with E-state index in [2.05, 4.69) is 21.6 Å². The predicted octanol–water partition coefficient (Wildman–Crippen LogP) is 1.22. The lowest BCUT2D eigenvalue weighted by atomic mass is 9.85. The van der Waals surface area contributed by atoms with Crippen LogP contribution in [0.15, 0.2) is 0 Å². The lowest BCUT2D eigenvalue weighted by Crippen LogP contribution is -2.63. The molecule has 1 saturated carbocycles. The van der Waals surface area contributed by atoms with E-state index in [0.717, 1.165) is 12.5 Å². The number of hydrogen-bond donors (Lipinski definition) is 1. The maximum Gasteiger partial charge on any atom is 0.0357 e. The van der Waals surface area contributed by atoms with Crippen LogP contribution in [0.4, 0.5) is 0 Å². The number of hydrogen-bond acceptors (Lipinski definition) is 4. The lowest BCUT2D eigenvalue weighted by Gasteiger charge is -2.51. The summed E-state index contributed by atoms with van der Waals surface area (Å²) in [4.78, 5) is 8.04. The molecule has 0 atom stereocenters. The molecule has 3 aliphatic rings. The van der Waals surface area contributed by atoms with E-state index in [0.29, 0.717) is 5.54 Å². The summed E-state index contributed by atoms with van der Waals surface area (Å²) in [5.74, 6) is 1.03. The summed E-state index contributed by atoms with van der Waals surface area (Å²) < 4.78 is 0. The van der Waals surface area contributed by atoms with Crippen molar-refractivity contribution < 1.29 is 0 Å². The molecule has 0 aromatic heterocycles. The van der Waals surface area contributed by atoms with Crippen LogP contribution in [-0.2, 0) is 0 Å². The Bertz CT molecular complexity index is 313. The third-order valence-corrected chi connectivity index (χ3v) is 5.96. The summed E-state index contributed by atoms with van der Waals surface area (Å²) in [7, 11) is 0. The molecule has 0 unspecified atom stereocenters. The Morgan fingerprint density at radius 2 is 1.62 bits per heavy atom. The minimum absolute atomic E-state index is 0.302. The van der Waals surface area contributed by atoms with Crippen molar-refractivity contribution in [1.82, 2.24) is 14.7 Å². The van der Waals surface area contributed by atoms with Crippen molar-refractivity contribution >= 4 is 0 Å². The van der Waals surface area contributed by atoms with E-state index in [1.165, 1.54) is 84.5 Å². The van der Waals surface area contributed by atoms with Gasteiger partial charge in [-0.05, 0) is 57.7 Å². The van der Waals surface area contributed by atoms with E-state index in [9.17, 15) is 0 Å². The van der Waals surface area contributed by atoms with Crippen molar-refractivity contribution in [3.05, 3.63) is 0 Å². The second-order valence-electron chi connectivity index (χ2n) is 7.50. The summed E-state index contributed by atoms with van der Waals surface area (Å²) in [6.07, 6.45) is 6.76. The predicted molar refractivity (Wildman–Crippen MR) is 88.5 cm³/mol. The van der Waals surface area contributed by atoms with Crippen LogP contribution in [-0.4, -0.2) is 79.1 Å². The normalized spacial score (nSPS) is 28.9. The van der Waals surface area contributed by atoms with Crippen molar-refractivity contribution in [1.29, 1.82) is 0 Å². The van der Waals surface area contributed by atoms with Crippen LogP contribution in [0.25, 0.3) is 0 Å². The SMILES string of the molecule is CCCN1CCC(CN)(N2CCN(CC3CC3)CC2)CC1. The van der Waals surface area contributed by atoms with Crippen LogP contribution >= 0.6 is 0 Å². The van der Waals surface area contributed by atoms with Crippen molar-refractivity contribution in [2.75, 3.05) is 58.9 Å². The Morgan fingerprint density at radius 3 is 2.14 bits per heavy atom. The van der Waals surface area contributed by atoms with Gasteiger partial charge in [0.1, 0.15) is 0 Å². The Kier molecular flexibility index (Phi) is 5.20. The number of nitrogens with two attached hydrogens (primary N) is 1. The van der Waals surface area contributed by atoms with Gasteiger partial charge >= 0.3 is 0 Å². The molecular formula is C17H34N4. The average Bonchev–Trinajstić information content (AvgIpc) is 3.33. The van der Waals surface area contributed by atoms with Crippen molar-refractivity contribution in [3.8, 4) is 0 Å². The smallest absolute Gasteiger partial charge is 0.0357 e. The highest BCUT2D eigenvalue weighted by Gasteiger charge is 2.40. The first-order chi connectivity index (χ1) is 10.3. The first-order valence-electron chi connectivity index (χ1n) is 9.15. The molecule has 0 aromatic rings. The zero-order valence-electron chi connectivity index (χ0n) is 13.9. The zero-order chi connectivity index (χ0) is 14.7. The molecule has 0 aromatic carbocycles. The van der Waals surface area contributed by atoms with E-state index in [1.807, 2.05) is 0 Å². The maximum absolute atomic E-state index is 6.24. The first kappa shape index (κ1) is 15.7. The van der Waals surface area contributed by atoms with Crippen LogP contribution in [0, 0.1) is 5.92 Å². The summed E-state index contributed by atoms with van der Waals surface area (Å²) in [6.45, 7) is 13.2. The van der Waals surface area contributed by atoms with Gasteiger partial charge < -0.3 is 15.5 Å². The fraction of sp³-hybridized carbons (Fsp3) is 1.00. The number of piperazine rings is 1. The van der Waals surface area contributed by atoms with Crippen LogP contribution in [0.2, 0.25) is 0 Å². The topological polar surface area (TPSA) is 35.7 Å². The third-order valence-electron chi connectivity index (χ3n) is 5.96. The Morgan fingerprint density at radius 1 is 0.952 bits per heavy atom. The standard InChI is InChI=1S/C17H34N4/c1-2-7-19-8-5-17(15-18,6-9-19)21-12-10-20(11-13-21)14-16-3-4-16/h16H,2-15,18H2,1H3. The molecule has 1 aliphatic carbocycles. The van der Waals surface area contributed by atoms with Gasteiger partial charge in [0.25, 0.3) is 0 Å². The van der Waals surface area contributed by atoms with Crippen LogP contribution < -0.4 is 5.73 Å². The van der Waals surface area contributed by atoms with E-state index < -0.39 is 0 Å². The molecule has 21 heavy (non-hydrogen) atoms. The highest BCUT2D eigenvalue weighted by atomic mass is 15.3. The van der Waals surface area contributed by atoms with Gasteiger partial charge in [0.05, 0.1) is 0 Å². The quantitative estimate of drug-likeness (QED) is 0.799. The van der Waals surface area contributed by atoms with Crippen LogP contribution in [0.1, 0.15) is 39.0 Å². The number of nitrogens with zero attached hydrogens (tertiary/aromatic N) is 3. The third kappa shape index (κ3) is 3.79. The highest BCUT2D eigenvalue weighted by molar-refractivity contribution is 4.98. The molecule has 0 amide bonds. The Labute approximate surface area is 130 Å². The van der Waals surface area contributed by atoms with Gasteiger partial charge in [-0.25, -0.2) is 0 Å². The fourth-order valence-electron chi connectivity index (χ4n) is 4.23. The largest absolute Gasteiger partial charge is 0.329 e. The Balaban J connectivity index is 1.49. The second-order valence-corrected chi connectivity index (χ2v) is 7.50. The van der Waals surface area contributed by atoms with Gasteiger partial charge in [-0.1, -0.05) is 6.92 Å². The van der Waals surface area contributed by atoms with E-state index in [4.69, 9.17) is 5.73 Å². The van der Waals surface area contributed by atoms with Crippen molar-refractivity contribution in [2.24, 2.45) is 11.7 Å². The molecular weight excluding hydrogens is 260 g/mol. The molecule has 0 bridgehead atoms. The van der Waals surface area contributed by atoms with Crippen LogP contribution in [0.3, 0.4) is 0 Å².